The average Bonchev–Trinajstić information content (AvgIpc) is 3.41. The van der Waals surface area contributed by atoms with Crippen LogP contribution in [0.5, 0.6) is 5.75 Å². The standard InChI is InChI=1S/C21H25N3O5/c1-2-28-16-7-5-14(6-8-16)19-22-17(29-23-19)9-10-18(25)24-12-15-4-3-11-21(15,13-24)20(26)27/h5-8,15H,2-4,9-13H2,1H3,(H,26,27)/t15-,21+/m0/s1. The van der Waals surface area contributed by atoms with Crippen LogP contribution in [-0.2, 0) is 16.0 Å². The number of carbonyl (C=O) groups is 2. The van der Waals surface area contributed by atoms with Crippen molar-refractivity contribution in [3.8, 4) is 17.1 Å². The number of carbonyl (C=O) groups excluding carboxylic acids is 1. The Kier molecular flexibility index (Phi) is 5.25. The molecular weight excluding hydrogens is 374 g/mol. The van der Waals surface area contributed by atoms with Crippen LogP contribution in [0.4, 0.5) is 0 Å². The topological polar surface area (TPSA) is 106 Å². The van der Waals surface area contributed by atoms with Crippen LogP contribution < -0.4 is 4.74 Å². The fourth-order valence-corrected chi connectivity index (χ4v) is 4.54. The van der Waals surface area contributed by atoms with E-state index in [9.17, 15) is 14.7 Å². The third kappa shape index (κ3) is 3.71. The molecule has 1 aromatic heterocycles. The minimum Gasteiger partial charge on any atom is -0.494 e. The summed E-state index contributed by atoms with van der Waals surface area (Å²) in [7, 11) is 0. The summed E-state index contributed by atoms with van der Waals surface area (Å²) in [6, 6.07) is 7.42. The van der Waals surface area contributed by atoms with Gasteiger partial charge >= 0.3 is 5.97 Å². The molecule has 0 radical (unpaired) electrons. The summed E-state index contributed by atoms with van der Waals surface area (Å²) < 4.78 is 10.7. The molecule has 2 aliphatic rings. The molecule has 2 fully saturated rings. The maximum Gasteiger partial charge on any atom is 0.311 e. The summed E-state index contributed by atoms with van der Waals surface area (Å²) in [5.41, 5.74) is 0.0617. The lowest BCUT2D eigenvalue weighted by Gasteiger charge is -2.23. The normalized spacial score (nSPS) is 23.2. The monoisotopic (exact) mass is 399 g/mol. The first-order valence-corrected chi connectivity index (χ1v) is 10.1. The van der Waals surface area contributed by atoms with E-state index in [4.69, 9.17) is 9.26 Å². The molecule has 1 amide bonds. The lowest BCUT2D eigenvalue weighted by molar-refractivity contribution is -0.149. The fraction of sp³-hybridized carbons (Fsp3) is 0.524. The van der Waals surface area contributed by atoms with Gasteiger partial charge in [-0.2, -0.15) is 4.98 Å². The predicted molar refractivity (Wildman–Crippen MR) is 103 cm³/mol. The largest absolute Gasteiger partial charge is 0.494 e. The Morgan fingerprint density at radius 3 is 2.83 bits per heavy atom. The first-order chi connectivity index (χ1) is 14.0. The molecule has 0 bridgehead atoms. The van der Waals surface area contributed by atoms with Gasteiger partial charge in [0.2, 0.25) is 17.6 Å². The summed E-state index contributed by atoms with van der Waals surface area (Å²) in [5, 5.41) is 13.6. The number of hydrogen-bond acceptors (Lipinski definition) is 6. The first kappa shape index (κ1) is 19.4. The number of amides is 1. The summed E-state index contributed by atoms with van der Waals surface area (Å²) >= 11 is 0. The van der Waals surface area contributed by atoms with Crippen molar-refractivity contribution in [1.82, 2.24) is 15.0 Å². The van der Waals surface area contributed by atoms with E-state index in [-0.39, 0.29) is 18.2 Å². The molecule has 1 aliphatic carbocycles. The first-order valence-electron chi connectivity index (χ1n) is 10.1. The third-order valence-electron chi connectivity index (χ3n) is 6.09. The molecule has 2 atom stereocenters. The number of aryl methyl sites for hydroxylation is 1. The van der Waals surface area contributed by atoms with Crippen LogP contribution in [0.15, 0.2) is 28.8 Å². The summed E-state index contributed by atoms with van der Waals surface area (Å²) in [5.74, 6) is 0.886. The second-order valence-electron chi connectivity index (χ2n) is 7.79. The van der Waals surface area contributed by atoms with Gasteiger partial charge in [0.25, 0.3) is 0 Å². The van der Waals surface area contributed by atoms with E-state index < -0.39 is 11.4 Å². The Bertz CT molecular complexity index is 894. The zero-order valence-corrected chi connectivity index (χ0v) is 16.5. The molecule has 0 spiro atoms. The van der Waals surface area contributed by atoms with Crippen molar-refractivity contribution in [3.63, 3.8) is 0 Å². The van der Waals surface area contributed by atoms with Crippen LogP contribution in [-0.4, -0.2) is 51.7 Å². The molecular formula is C21H25N3O5. The SMILES string of the molecule is CCOc1ccc(-c2noc(CCC(=O)N3C[C@@H]4CCC[C@@]4(C(=O)O)C3)n2)cc1. The zero-order valence-electron chi connectivity index (χ0n) is 16.5. The van der Waals surface area contributed by atoms with E-state index in [0.29, 0.717) is 44.3 Å². The molecule has 1 saturated carbocycles. The van der Waals surface area contributed by atoms with Crippen molar-refractivity contribution in [2.45, 2.75) is 39.0 Å². The van der Waals surface area contributed by atoms with E-state index >= 15 is 0 Å². The van der Waals surface area contributed by atoms with Crippen LogP contribution in [0.2, 0.25) is 0 Å². The summed E-state index contributed by atoms with van der Waals surface area (Å²) in [6.07, 6.45) is 3.03. The van der Waals surface area contributed by atoms with Crippen LogP contribution >= 0.6 is 0 Å². The van der Waals surface area contributed by atoms with Crippen LogP contribution in [0.1, 0.15) is 38.5 Å². The number of ether oxygens (including phenoxy) is 1. The lowest BCUT2D eigenvalue weighted by atomic mass is 9.81. The number of carboxylic acids is 1. The number of aliphatic carboxylic acids is 1. The number of nitrogens with zero attached hydrogens (tertiary/aromatic N) is 3. The summed E-state index contributed by atoms with van der Waals surface area (Å²) in [6.45, 7) is 3.38. The van der Waals surface area contributed by atoms with Crippen molar-refractivity contribution < 1.29 is 24.0 Å². The van der Waals surface area contributed by atoms with Crippen molar-refractivity contribution in [3.05, 3.63) is 30.2 Å². The minimum atomic E-state index is -0.771. The number of hydrogen-bond donors (Lipinski definition) is 1. The second kappa shape index (κ2) is 7.85. The highest BCUT2D eigenvalue weighted by molar-refractivity contribution is 5.81. The number of benzene rings is 1. The van der Waals surface area contributed by atoms with E-state index in [1.807, 2.05) is 31.2 Å². The molecule has 2 aromatic rings. The van der Waals surface area contributed by atoms with E-state index in [1.165, 1.54) is 0 Å². The second-order valence-corrected chi connectivity index (χ2v) is 7.79. The number of aromatic nitrogens is 2. The number of likely N-dealkylation sites (tertiary alicyclic amines) is 1. The molecule has 8 heteroatoms. The Morgan fingerprint density at radius 2 is 2.14 bits per heavy atom. The van der Waals surface area contributed by atoms with Crippen molar-refractivity contribution in [2.24, 2.45) is 11.3 Å². The molecule has 4 rings (SSSR count). The lowest BCUT2D eigenvalue weighted by Crippen LogP contribution is -2.37. The van der Waals surface area contributed by atoms with Crippen molar-refractivity contribution in [1.29, 1.82) is 0 Å². The molecule has 154 valence electrons. The van der Waals surface area contributed by atoms with Gasteiger partial charge in [-0.1, -0.05) is 11.6 Å². The van der Waals surface area contributed by atoms with E-state index in [2.05, 4.69) is 10.1 Å². The maximum absolute atomic E-state index is 12.6. The average molecular weight is 399 g/mol. The minimum absolute atomic E-state index is 0.0548. The van der Waals surface area contributed by atoms with Gasteiger partial charge in [0.15, 0.2) is 0 Å². The highest BCUT2D eigenvalue weighted by atomic mass is 16.5. The molecule has 8 nitrogen and oxygen atoms in total. The molecule has 1 N–H and O–H groups in total. The third-order valence-corrected chi connectivity index (χ3v) is 6.09. The molecule has 2 heterocycles. The van der Waals surface area contributed by atoms with Gasteiger partial charge in [0.05, 0.1) is 12.0 Å². The smallest absolute Gasteiger partial charge is 0.311 e. The van der Waals surface area contributed by atoms with Gasteiger partial charge in [-0.3, -0.25) is 9.59 Å². The molecule has 29 heavy (non-hydrogen) atoms. The van der Waals surface area contributed by atoms with Crippen LogP contribution in [0.25, 0.3) is 11.4 Å². The molecule has 1 aromatic carbocycles. The van der Waals surface area contributed by atoms with Gasteiger partial charge in [-0.25, -0.2) is 0 Å². The van der Waals surface area contributed by atoms with Crippen LogP contribution in [0.3, 0.4) is 0 Å². The molecule has 1 saturated heterocycles. The van der Waals surface area contributed by atoms with E-state index in [1.54, 1.807) is 4.90 Å². The van der Waals surface area contributed by atoms with Crippen molar-refractivity contribution in [2.75, 3.05) is 19.7 Å². The number of rotatable bonds is 7. The fourth-order valence-electron chi connectivity index (χ4n) is 4.54. The Hall–Kier alpha value is -2.90. The quantitative estimate of drug-likeness (QED) is 0.763. The van der Waals surface area contributed by atoms with Gasteiger partial charge < -0.3 is 19.3 Å². The highest BCUT2D eigenvalue weighted by Crippen LogP contribution is 2.49. The van der Waals surface area contributed by atoms with Crippen molar-refractivity contribution >= 4 is 11.9 Å². The highest BCUT2D eigenvalue weighted by Gasteiger charge is 2.55. The maximum atomic E-state index is 12.6. The van der Waals surface area contributed by atoms with Gasteiger partial charge in [0, 0.05) is 31.5 Å². The Morgan fingerprint density at radius 1 is 1.34 bits per heavy atom. The van der Waals surface area contributed by atoms with Gasteiger partial charge in [-0.15, -0.1) is 0 Å². The van der Waals surface area contributed by atoms with Gasteiger partial charge in [0.1, 0.15) is 5.75 Å². The van der Waals surface area contributed by atoms with Gasteiger partial charge in [-0.05, 0) is 49.9 Å². The predicted octanol–water partition coefficient (Wildman–Crippen LogP) is 2.78. The summed E-state index contributed by atoms with van der Waals surface area (Å²) in [4.78, 5) is 30.5. The number of fused-ring (bicyclic) bond motifs is 1. The van der Waals surface area contributed by atoms with E-state index in [0.717, 1.165) is 24.2 Å². The molecule has 1 aliphatic heterocycles. The Labute approximate surface area is 168 Å². The zero-order chi connectivity index (χ0) is 20.4. The number of carboxylic acid groups (broad SMARTS) is 1. The Balaban J connectivity index is 1.34. The molecule has 0 unspecified atom stereocenters. The van der Waals surface area contributed by atoms with Crippen LogP contribution in [0, 0.1) is 11.3 Å².